The van der Waals surface area contributed by atoms with E-state index in [-0.39, 0.29) is 0 Å². The summed E-state index contributed by atoms with van der Waals surface area (Å²) in [6.45, 7) is 1.26. The molecule has 1 aromatic rings. The van der Waals surface area contributed by atoms with Crippen molar-refractivity contribution < 1.29 is 18.0 Å². The van der Waals surface area contributed by atoms with Gasteiger partial charge in [-0.15, -0.1) is 0 Å². The van der Waals surface area contributed by atoms with E-state index in [9.17, 15) is 18.0 Å². The molecule has 0 fully saturated rings. The third-order valence-corrected chi connectivity index (χ3v) is 1.97. The normalized spacial score (nSPS) is 13.7. The molecule has 0 bridgehead atoms. The molecule has 1 rings (SSSR count). The molecule has 0 radical (unpaired) electrons. The quantitative estimate of drug-likeness (QED) is 0.720. The summed E-state index contributed by atoms with van der Waals surface area (Å²) in [4.78, 5) is 10.8. The van der Waals surface area contributed by atoms with Crippen LogP contribution >= 0.6 is 0 Å². The van der Waals surface area contributed by atoms with Gasteiger partial charge in [0.2, 0.25) is 5.78 Å². The molecule has 76 valence electrons. The van der Waals surface area contributed by atoms with Crippen molar-refractivity contribution >= 4 is 5.78 Å². The topological polar surface area (TPSA) is 17.1 Å². The highest BCUT2D eigenvalue weighted by atomic mass is 19.4. The fourth-order valence-corrected chi connectivity index (χ4v) is 1.14. The Bertz CT molecular complexity index is 316. The Kier molecular flexibility index (Phi) is 2.93. The van der Waals surface area contributed by atoms with Gasteiger partial charge in [0.1, 0.15) is 0 Å². The van der Waals surface area contributed by atoms with Crippen LogP contribution in [-0.2, 0) is 4.79 Å². The summed E-state index contributed by atoms with van der Waals surface area (Å²) < 4.78 is 36.1. The van der Waals surface area contributed by atoms with Crippen LogP contribution in [0.2, 0.25) is 0 Å². The number of alkyl halides is 3. The van der Waals surface area contributed by atoms with Crippen LogP contribution in [-0.4, -0.2) is 12.0 Å². The lowest BCUT2D eigenvalue weighted by atomic mass is 9.96. The van der Waals surface area contributed by atoms with E-state index in [1.807, 2.05) is 0 Å². The minimum absolute atomic E-state index is 0.384. The highest BCUT2D eigenvalue weighted by Crippen LogP contribution is 2.26. The predicted molar refractivity (Wildman–Crippen MR) is 45.9 cm³/mol. The summed E-state index contributed by atoms with van der Waals surface area (Å²) in [6, 6.07) is 7.92. The first-order valence-electron chi connectivity index (χ1n) is 4.09. The molecule has 0 amide bonds. The number of hydrogen-bond donors (Lipinski definition) is 0. The van der Waals surface area contributed by atoms with E-state index in [0.29, 0.717) is 5.56 Å². The molecule has 4 heteroatoms. The van der Waals surface area contributed by atoms with Gasteiger partial charge in [0, 0.05) is 5.92 Å². The number of carbonyl (C=O) groups excluding carboxylic acids is 1. The standard InChI is InChI=1S/C10H9F3O/c1-7(9(14)10(11,12)13)8-5-3-2-4-6-8/h2-7H,1H3. The van der Waals surface area contributed by atoms with Gasteiger partial charge in [0.05, 0.1) is 0 Å². The molecule has 0 aliphatic heterocycles. The average molecular weight is 202 g/mol. The Hall–Kier alpha value is -1.32. The van der Waals surface area contributed by atoms with Crippen molar-refractivity contribution in [1.29, 1.82) is 0 Å². The second-order valence-corrected chi connectivity index (χ2v) is 2.99. The van der Waals surface area contributed by atoms with E-state index in [1.165, 1.54) is 19.1 Å². The van der Waals surface area contributed by atoms with Crippen LogP contribution in [0.3, 0.4) is 0 Å². The first kappa shape index (κ1) is 10.8. The number of carbonyl (C=O) groups is 1. The molecular formula is C10H9F3O. The van der Waals surface area contributed by atoms with E-state index >= 15 is 0 Å². The van der Waals surface area contributed by atoms with Crippen molar-refractivity contribution in [2.24, 2.45) is 0 Å². The first-order chi connectivity index (χ1) is 6.43. The molecule has 1 nitrogen and oxygen atoms in total. The number of rotatable bonds is 2. The van der Waals surface area contributed by atoms with Gasteiger partial charge in [-0.2, -0.15) is 13.2 Å². The second kappa shape index (κ2) is 3.82. The van der Waals surface area contributed by atoms with Crippen LogP contribution in [0, 0.1) is 0 Å². The smallest absolute Gasteiger partial charge is 0.289 e. The van der Waals surface area contributed by atoms with Crippen molar-refractivity contribution in [3.05, 3.63) is 35.9 Å². The Labute approximate surface area is 79.5 Å². The lowest BCUT2D eigenvalue weighted by Crippen LogP contribution is -2.27. The maximum Gasteiger partial charge on any atom is 0.450 e. The van der Waals surface area contributed by atoms with Crippen LogP contribution in [0.25, 0.3) is 0 Å². The number of halogens is 3. The Morgan fingerprint density at radius 3 is 2.14 bits per heavy atom. The summed E-state index contributed by atoms with van der Waals surface area (Å²) in [7, 11) is 0. The maximum absolute atomic E-state index is 12.0. The van der Waals surface area contributed by atoms with E-state index in [4.69, 9.17) is 0 Å². The summed E-state index contributed by atoms with van der Waals surface area (Å²) >= 11 is 0. The van der Waals surface area contributed by atoms with Crippen LogP contribution in [0.4, 0.5) is 13.2 Å². The molecule has 1 aromatic carbocycles. The number of Topliss-reactive ketones (excluding diaryl/α,β-unsaturated/α-hetero) is 1. The van der Waals surface area contributed by atoms with Gasteiger partial charge in [-0.3, -0.25) is 4.79 Å². The van der Waals surface area contributed by atoms with E-state index in [0.717, 1.165) is 0 Å². The van der Waals surface area contributed by atoms with Gasteiger partial charge in [-0.05, 0) is 5.56 Å². The predicted octanol–water partition coefficient (Wildman–Crippen LogP) is 2.92. The molecule has 0 aliphatic carbocycles. The summed E-state index contributed by atoms with van der Waals surface area (Å²) in [5, 5.41) is 0. The minimum Gasteiger partial charge on any atom is -0.289 e. The lowest BCUT2D eigenvalue weighted by Gasteiger charge is -2.12. The van der Waals surface area contributed by atoms with Crippen LogP contribution in [0.15, 0.2) is 30.3 Å². The Morgan fingerprint density at radius 2 is 1.71 bits per heavy atom. The van der Waals surface area contributed by atoms with Gasteiger partial charge in [-0.25, -0.2) is 0 Å². The monoisotopic (exact) mass is 202 g/mol. The minimum atomic E-state index is -4.75. The second-order valence-electron chi connectivity index (χ2n) is 2.99. The zero-order chi connectivity index (χ0) is 10.8. The lowest BCUT2D eigenvalue weighted by molar-refractivity contribution is -0.172. The molecule has 0 saturated carbocycles. The third kappa shape index (κ3) is 2.34. The van der Waals surface area contributed by atoms with Gasteiger partial charge >= 0.3 is 6.18 Å². The highest BCUT2D eigenvalue weighted by molar-refractivity contribution is 5.90. The average Bonchev–Trinajstić information content (AvgIpc) is 2.15. The highest BCUT2D eigenvalue weighted by Gasteiger charge is 2.41. The van der Waals surface area contributed by atoms with Crippen molar-refractivity contribution in [2.75, 3.05) is 0 Å². The summed E-state index contributed by atoms with van der Waals surface area (Å²) in [5.41, 5.74) is 0.384. The van der Waals surface area contributed by atoms with Gasteiger partial charge in [0.25, 0.3) is 0 Å². The molecule has 0 heterocycles. The molecule has 1 atom stereocenters. The van der Waals surface area contributed by atoms with Crippen molar-refractivity contribution in [3.63, 3.8) is 0 Å². The summed E-state index contributed by atoms with van der Waals surface area (Å²) in [5.74, 6) is -2.83. The molecule has 0 aromatic heterocycles. The summed E-state index contributed by atoms with van der Waals surface area (Å²) in [6.07, 6.45) is -4.75. The largest absolute Gasteiger partial charge is 0.450 e. The molecule has 0 saturated heterocycles. The SMILES string of the molecule is CC(C(=O)C(F)(F)F)c1ccccc1. The van der Waals surface area contributed by atoms with Gasteiger partial charge < -0.3 is 0 Å². The number of benzene rings is 1. The number of hydrogen-bond acceptors (Lipinski definition) is 1. The van der Waals surface area contributed by atoms with Crippen LogP contribution in [0.1, 0.15) is 18.4 Å². The molecule has 0 spiro atoms. The van der Waals surface area contributed by atoms with E-state index in [2.05, 4.69) is 0 Å². The van der Waals surface area contributed by atoms with Gasteiger partial charge in [0.15, 0.2) is 0 Å². The fraction of sp³-hybridized carbons (Fsp3) is 0.300. The zero-order valence-electron chi connectivity index (χ0n) is 7.51. The fourth-order valence-electron chi connectivity index (χ4n) is 1.14. The Balaban J connectivity index is 2.87. The Morgan fingerprint density at radius 1 is 1.21 bits per heavy atom. The van der Waals surface area contributed by atoms with E-state index in [1.54, 1.807) is 18.2 Å². The molecular weight excluding hydrogens is 193 g/mol. The van der Waals surface area contributed by atoms with Crippen molar-refractivity contribution in [3.8, 4) is 0 Å². The van der Waals surface area contributed by atoms with E-state index < -0.39 is 17.9 Å². The number of ketones is 1. The molecule has 1 unspecified atom stereocenters. The van der Waals surface area contributed by atoms with Crippen LogP contribution in [0.5, 0.6) is 0 Å². The van der Waals surface area contributed by atoms with Crippen molar-refractivity contribution in [1.82, 2.24) is 0 Å². The van der Waals surface area contributed by atoms with Gasteiger partial charge in [-0.1, -0.05) is 37.3 Å². The molecule has 14 heavy (non-hydrogen) atoms. The molecule has 0 aliphatic rings. The zero-order valence-corrected chi connectivity index (χ0v) is 7.51. The van der Waals surface area contributed by atoms with Crippen LogP contribution < -0.4 is 0 Å². The maximum atomic E-state index is 12.0. The van der Waals surface area contributed by atoms with Crippen molar-refractivity contribution in [2.45, 2.75) is 19.0 Å². The third-order valence-electron chi connectivity index (χ3n) is 1.97. The molecule has 0 N–H and O–H groups in total. The first-order valence-corrected chi connectivity index (χ1v) is 4.09.